The van der Waals surface area contributed by atoms with Crippen LogP contribution in [0.3, 0.4) is 0 Å². The second-order valence-corrected chi connectivity index (χ2v) is 4.08. The molecule has 2 aromatic rings. The summed E-state index contributed by atoms with van der Waals surface area (Å²) in [6.45, 7) is 2.25. The summed E-state index contributed by atoms with van der Waals surface area (Å²) >= 11 is 0. The first-order valence-corrected chi connectivity index (χ1v) is 6.12. The summed E-state index contributed by atoms with van der Waals surface area (Å²) in [7, 11) is 1.18. The van der Waals surface area contributed by atoms with Crippen molar-refractivity contribution in [3.05, 3.63) is 33.9 Å². The van der Waals surface area contributed by atoms with E-state index >= 15 is 0 Å². The molecule has 0 spiro atoms. The third kappa shape index (κ3) is 2.77. The highest BCUT2D eigenvalue weighted by Gasteiger charge is 2.25. The van der Waals surface area contributed by atoms with Crippen LogP contribution in [0.5, 0.6) is 0 Å². The van der Waals surface area contributed by atoms with E-state index < -0.39 is 22.5 Å². The van der Waals surface area contributed by atoms with Gasteiger partial charge in [0.2, 0.25) is 5.69 Å². The number of nitrogens with one attached hydrogen (secondary N) is 2. The molecular weight excluding hydrogens is 296 g/mol. The minimum absolute atomic E-state index is 0.0857. The number of rotatable bonds is 5. The minimum Gasteiger partial charge on any atom is -0.464 e. The molecule has 11 nitrogen and oxygen atoms in total. The molecule has 2 heterocycles. The van der Waals surface area contributed by atoms with Crippen molar-refractivity contribution < 1.29 is 19.2 Å². The zero-order valence-corrected chi connectivity index (χ0v) is 11.7. The summed E-state index contributed by atoms with van der Waals surface area (Å²) in [5, 5.41) is 22.8. The van der Waals surface area contributed by atoms with Crippen LogP contribution in [0.1, 0.15) is 27.9 Å². The fourth-order valence-corrected chi connectivity index (χ4v) is 1.69. The van der Waals surface area contributed by atoms with Crippen LogP contribution in [0, 0.1) is 10.1 Å². The number of aromatic amines is 1. The second-order valence-electron chi connectivity index (χ2n) is 4.08. The van der Waals surface area contributed by atoms with Crippen molar-refractivity contribution in [3.63, 3.8) is 0 Å². The van der Waals surface area contributed by atoms with Crippen molar-refractivity contribution in [2.75, 3.05) is 12.4 Å². The summed E-state index contributed by atoms with van der Waals surface area (Å²) in [6, 6.07) is 0. The molecule has 0 aromatic carbocycles. The first-order chi connectivity index (χ1) is 10.5. The molecule has 2 N–H and O–H groups in total. The predicted molar refractivity (Wildman–Crippen MR) is 72.4 cm³/mol. The molecule has 0 bridgehead atoms. The molecule has 22 heavy (non-hydrogen) atoms. The minimum atomic E-state index is -0.815. The second kappa shape index (κ2) is 6.03. The maximum atomic E-state index is 12.1. The molecule has 0 saturated heterocycles. The molecule has 0 atom stereocenters. The smallest absolute Gasteiger partial charge is 0.360 e. The number of nitro groups is 1. The van der Waals surface area contributed by atoms with Gasteiger partial charge in [0, 0.05) is 12.7 Å². The monoisotopic (exact) mass is 308 g/mol. The molecule has 0 unspecified atom stereocenters. The van der Waals surface area contributed by atoms with Crippen LogP contribution in [0.25, 0.3) is 0 Å². The molecule has 0 aliphatic heterocycles. The van der Waals surface area contributed by atoms with Crippen molar-refractivity contribution in [1.82, 2.24) is 20.0 Å². The first-order valence-electron chi connectivity index (χ1n) is 6.12. The standard InChI is InChI=1S/C11H12N6O5/c1-3-16-5-6(8(15-16)11(19)22-2)13-10(18)9-7(17(20)21)4-12-14-9/h4-5H,3H2,1-2H3,(H,12,14)(H,13,18). The molecule has 116 valence electrons. The third-order valence-electron chi connectivity index (χ3n) is 2.76. The van der Waals surface area contributed by atoms with Gasteiger partial charge in [0.15, 0.2) is 5.69 Å². The van der Waals surface area contributed by atoms with E-state index in [1.54, 1.807) is 6.92 Å². The van der Waals surface area contributed by atoms with Crippen LogP contribution < -0.4 is 5.32 Å². The number of H-pyrrole nitrogens is 1. The van der Waals surface area contributed by atoms with E-state index in [9.17, 15) is 19.7 Å². The van der Waals surface area contributed by atoms with Gasteiger partial charge in [-0.3, -0.25) is 24.7 Å². The average Bonchev–Trinajstić information content (AvgIpc) is 3.12. The maximum absolute atomic E-state index is 12.1. The number of esters is 1. The number of hydrogen-bond donors (Lipinski definition) is 2. The Balaban J connectivity index is 2.32. The van der Waals surface area contributed by atoms with Crippen LogP contribution in [0.4, 0.5) is 11.4 Å². The van der Waals surface area contributed by atoms with Crippen molar-refractivity contribution in [1.29, 1.82) is 0 Å². The van der Waals surface area contributed by atoms with Gasteiger partial charge in [-0.25, -0.2) is 4.79 Å². The summed E-state index contributed by atoms with van der Waals surface area (Å²) < 4.78 is 5.99. The van der Waals surface area contributed by atoms with E-state index in [0.717, 1.165) is 6.20 Å². The lowest BCUT2D eigenvalue weighted by atomic mass is 10.3. The predicted octanol–water partition coefficient (Wildman–Crippen LogP) is 0.573. The quantitative estimate of drug-likeness (QED) is 0.466. The largest absolute Gasteiger partial charge is 0.464 e. The summed E-state index contributed by atoms with van der Waals surface area (Å²) in [5.41, 5.74) is -0.812. The fraction of sp³-hybridized carbons (Fsp3) is 0.273. The maximum Gasteiger partial charge on any atom is 0.360 e. The topological polar surface area (TPSA) is 145 Å². The summed E-state index contributed by atoms with van der Waals surface area (Å²) in [4.78, 5) is 33.8. The van der Waals surface area contributed by atoms with Crippen LogP contribution in [0.15, 0.2) is 12.4 Å². The first kappa shape index (κ1) is 15.2. The van der Waals surface area contributed by atoms with Crippen LogP contribution in [-0.2, 0) is 11.3 Å². The lowest BCUT2D eigenvalue weighted by Gasteiger charge is -2.02. The number of anilines is 1. The van der Waals surface area contributed by atoms with Gasteiger partial charge in [0.25, 0.3) is 5.91 Å². The van der Waals surface area contributed by atoms with Gasteiger partial charge in [-0.2, -0.15) is 10.2 Å². The Hall–Kier alpha value is -3.24. The number of hydrogen-bond acceptors (Lipinski definition) is 7. The van der Waals surface area contributed by atoms with Gasteiger partial charge in [-0.05, 0) is 6.92 Å². The Bertz CT molecular complexity index is 733. The number of ether oxygens (including phenoxy) is 1. The average molecular weight is 308 g/mol. The molecule has 0 aliphatic carbocycles. The fourth-order valence-electron chi connectivity index (χ4n) is 1.69. The highest BCUT2D eigenvalue weighted by Crippen LogP contribution is 2.19. The number of aromatic nitrogens is 4. The van der Waals surface area contributed by atoms with Gasteiger partial charge in [-0.1, -0.05) is 0 Å². The molecular formula is C11H12N6O5. The Morgan fingerprint density at radius 3 is 2.86 bits per heavy atom. The van der Waals surface area contributed by atoms with Crippen molar-refractivity contribution in [2.45, 2.75) is 13.5 Å². The van der Waals surface area contributed by atoms with E-state index in [1.165, 1.54) is 18.0 Å². The molecule has 2 aromatic heterocycles. The zero-order chi connectivity index (χ0) is 16.3. The van der Waals surface area contributed by atoms with E-state index in [1.807, 2.05) is 0 Å². The highest BCUT2D eigenvalue weighted by atomic mass is 16.6. The lowest BCUT2D eigenvalue weighted by molar-refractivity contribution is -0.385. The van der Waals surface area contributed by atoms with E-state index in [2.05, 4.69) is 25.3 Å². The van der Waals surface area contributed by atoms with Crippen LogP contribution in [0.2, 0.25) is 0 Å². The number of carbonyl (C=O) groups is 2. The summed E-state index contributed by atoms with van der Waals surface area (Å²) in [6.07, 6.45) is 2.35. The number of nitrogens with zero attached hydrogens (tertiary/aromatic N) is 4. The summed E-state index contributed by atoms with van der Waals surface area (Å²) in [5.74, 6) is -1.55. The van der Waals surface area contributed by atoms with E-state index in [0.29, 0.717) is 6.54 Å². The molecule has 2 rings (SSSR count). The van der Waals surface area contributed by atoms with Crippen molar-refractivity contribution >= 4 is 23.3 Å². The van der Waals surface area contributed by atoms with Crippen molar-refractivity contribution in [2.24, 2.45) is 0 Å². The van der Waals surface area contributed by atoms with Gasteiger partial charge >= 0.3 is 11.7 Å². The third-order valence-corrected chi connectivity index (χ3v) is 2.76. The molecule has 0 saturated carbocycles. The number of methoxy groups -OCH3 is 1. The molecule has 0 radical (unpaired) electrons. The lowest BCUT2D eigenvalue weighted by Crippen LogP contribution is -2.16. The molecule has 0 fully saturated rings. The number of amides is 1. The van der Waals surface area contributed by atoms with E-state index in [-0.39, 0.29) is 17.1 Å². The zero-order valence-electron chi connectivity index (χ0n) is 11.7. The Morgan fingerprint density at radius 2 is 2.27 bits per heavy atom. The van der Waals surface area contributed by atoms with Gasteiger partial charge < -0.3 is 10.1 Å². The Labute approximate surface area is 123 Å². The molecule has 0 aliphatic rings. The normalized spacial score (nSPS) is 10.3. The number of aryl methyl sites for hydroxylation is 1. The van der Waals surface area contributed by atoms with Crippen molar-refractivity contribution in [3.8, 4) is 0 Å². The van der Waals surface area contributed by atoms with Gasteiger partial charge in [-0.15, -0.1) is 0 Å². The SMILES string of the molecule is CCn1cc(NC(=O)c2[nH]ncc2[N+](=O)[O-])c(C(=O)OC)n1. The van der Waals surface area contributed by atoms with Crippen LogP contribution >= 0.6 is 0 Å². The molecule has 11 heteroatoms. The number of carbonyl (C=O) groups excluding carboxylic acids is 2. The molecule has 1 amide bonds. The Morgan fingerprint density at radius 1 is 1.55 bits per heavy atom. The van der Waals surface area contributed by atoms with Gasteiger partial charge in [0.05, 0.1) is 17.7 Å². The highest BCUT2D eigenvalue weighted by molar-refractivity contribution is 6.08. The van der Waals surface area contributed by atoms with Crippen LogP contribution in [-0.4, -0.2) is 43.9 Å². The Kier molecular flexibility index (Phi) is 4.15. The van der Waals surface area contributed by atoms with E-state index in [4.69, 9.17) is 0 Å². The van der Waals surface area contributed by atoms with Gasteiger partial charge in [0.1, 0.15) is 6.20 Å².